The highest BCUT2D eigenvalue weighted by molar-refractivity contribution is 6.03. The average Bonchev–Trinajstić information content (AvgIpc) is 3.31. The van der Waals surface area contributed by atoms with Crippen LogP contribution in [0.2, 0.25) is 0 Å². The summed E-state index contributed by atoms with van der Waals surface area (Å²) in [5, 5.41) is 10.5. The summed E-state index contributed by atoms with van der Waals surface area (Å²) >= 11 is 0. The van der Waals surface area contributed by atoms with Crippen LogP contribution < -0.4 is 10.6 Å². The van der Waals surface area contributed by atoms with Crippen LogP contribution in [0.4, 0.5) is 15.4 Å². The Bertz CT molecular complexity index is 1100. The van der Waals surface area contributed by atoms with Crippen molar-refractivity contribution < 1.29 is 19.1 Å². The standard InChI is InChI=1S/C23H31N7O4/c1-6-34-22(33)30-18-16(19(27-30)26-20(31)17-9-7-8-10-24-17)13-29(23(18,4)5)21(32)28-12-14(2)25-11-15(28)3/h7-10,14-15,25H,6,11-13H2,1-5H3,(H,26,27,31)/t14-,15+/m1/s1. The third kappa shape index (κ3) is 4.11. The molecule has 0 aromatic carbocycles. The van der Waals surface area contributed by atoms with E-state index in [1.165, 1.54) is 6.20 Å². The molecule has 0 unspecified atom stereocenters. The second kappa shape index (κ2) is 9.05. The van der Waals surface area contributed by atoms with Gasteiger partial charge in [-0.2, -0.15) is 4.68 Å². The van der Waals surface area contributed by atoms with Gasteiger partial charge in [-0.1, -0.05) is 6.07 Å². The monoisotopic (exact) mass is 469 g/mol. The molecule has 182 valence electrons. The number of hydrogen-bond acceptors (Lipinski definition) is 7. The molecule has 2 N–H and O–H groups in total. The van der Waals surface area contributed by atoms with Crippen molar-refractivity contribution >= 4 is 23.8 Å². The highest BCUT2D eigenvalue weighted by Gasteiger charge is 2.48. The van der Waals surface area contributed by atoms with E-state index in [0.29, 0.717) is 24.3 Å². The predicted octanol–water partition coefficient (Wildman–Crippen LogP) is 2.39. The second-order valence-corrected chi connectivity index (χ2v) is 9.19. The molecule has 34 heavy (non-hydrogen) atoms. The van der Waals surface area contributed by atoms with Gasteiger partial charge in [-0.25, -0.2) is 9.59 Å². The van der Waals surface area contributed by atoms with Crippen molar-refractivity contribution in [2.45, 2.75) is 58.8 Å². The lowest BCUT2D eigenvalue weighted by Crippen LogP contribution is -2.60. The molecule has 2 aromatic heterocycles. The lowest BCUT2D eigenvalue weighted by molar-refractivity contribution is 0.0786. The van der Waals surface area contributed by atoms with Gasteiger partial charge in [-0.15, -0.1) is 5.10 Å². The van der Waals surface area contributed by atoms with E-state index in [-0.39, 0.29) is 42.8 Å². The van der Waals surface area contributed by atoms with Crippen LogP contribution in [0.3, 0.4) is 0 Å². The Labute approximate surface area is 198 Å². The van der Waals surface area contributed by atoms with Crippen LogP contribution in [0.5, 0.6) is 0 Å². The number of anilines is 1. The van der Waals surface area contributed by atoms with Crippen molar-refractivity contribution in [3.63, 3.8) is 0 Å². The normalized spacial score (nSPS) is 21.2. The number of rotatable bonds is 3. The van der Waals surface area contributed by atoms with Gasteiger partial charge >= 0.3 is 12.1 Å². The van der Waals surface area contributed by atoms with Crippen LogP contribution in [0.25, 0.3) is 0 Å². The average molecular weight is 470 g/mol. The predicted molar refractivity (Wildman–Crippen MR) is 124 cm³/mol. The molecule has 0 saturated carbocycles. The van der Waals surface area contributed by atoms with Gasteiger partial charge in [0.05, 0.1) is 24.4 Å². The molecule has 0 aliphatic carbocycles. The Morgan fingerprint density at radius 2 is 2.03 bits per heavy atom. The summed E-state index contributed by atoms with van der Waals surface area (Å²) in [5.41, 5.74) is 0.474. The molecule has 3 amide bonds. The van der Waals surface area contributed by atoms with Crippen LogP contribution in [0.15, 0.2) is 24.4 Å². The number of nitrogens with zero attached hydrogens (tertiary/aromatic N) is 5. The van der Waals surface area contributed by atoms with Crippen molar-refractivity contribution in [3.8, 4) is 0 Å². The number of carbonyl (C=O) groups excluding carboxylic acids is 3. The minimum Gasteiger partial charge on any atom is -0.448 e. The van der Waals surface area contributed by atoms with E-state index >= 15 is 0 Å². The van der Waals surface area contributed by atoms with Gasteiger partial charge < -0.3 is 25.2 Å². The lowest BCUT2D eigenvalue weighted by Gasteiger charge is -2.43. The van der Waals surface area contributed by atoms with E-state index in [1.54, 1.807) is 30.0 Å². The summed E-state index contributed by atoms with van der Waals surface area (Å²) in [5.74, 6) is -0.243. The summed E-state index contributed by atoms with van der Waals surface area (Å²) in [6.45, 7) is 11.1. The molecule has 2 aliphatic heterocycles. The molecule has 2 atom stereocenters. The van der Waals surface area contributed by atoms with Crippen molar-refractivity contribution in [1.82, 2.24) is 29.9 Å². The quantitative estimate of drug-likeness (QED) is 0.708. The molecule has 1 saturated heterocycles. The minimum atomic E-state index is -0.867. The maximum absolute atomic E-state index is 13.7. The Morgan fingerprint density at radius 3 is 2.71 bits per heavy atom. The highest BCUT2D eigenvalue weighted by atomic mass is 16.6. The number of pyridine rings is 1. The SMILES string of the molecule is CCOC(=O)n1nc(NC(=O)c2ccccn2)c2c1C(C)(C)N(C(=O)N1C[C@@H](C)NC[C@@H]1C)C2. The van der Waals surface area contributed by atoms with Gasteiger partial charge in [0.1, 0.15) is 5.69 Å². The fourth-order valence-corrected chi connectivity index (χ4v) is 4.55. The number of nitrogens with one attached hydrogen (secondary N) is 2. The fraction of sp³-hybridized carbons (Fsp3) is 0.522. The number of amides is 3. The molecule has 2 aromatic rings. The highest BCUT2D eigenvalue weighted by Crippen LogP contribution is 2.43. The molecule has 0 bridgehead atoms. The summed E-state index contributed by atoms with van der Waals surface area (Å²) in [6.07, 6.45) is 0.860. The Hall–Kier alpha value is -3.47. The molecule has 1 fully saturated rings. The topological polar surface area (TPSA) is 122 Å². The first kappa shape index (κ1) is 23.7. The molecule has 4 rings (SSSR count). The Morgan fingerprint density at radius 1 is 1.26 bits per heavy atom. The maximum Gasteiger partial charge on any atom is 0.435 e. The lowest BCUT2D eigenvalue weighted by atomic mass is 10.0. The van der Waals surface area contributed by atoms with E-state index in [1.807, 2.05) is 32.6 Å². The van der Waals surface area contributed by atoms with Crippen LogP contribution in [-0.2, 0) is 16.8 Å². The van der Waals surface area contributed by atoms with Gasteiger partial charge in [0.25, 0.3) is 5.91 Å². The first-order valence-electron chi connectivity index (χ1n) is 11.5. The summed E-state index contributed by atoms with van der Waals surface area (Å²) in [6, 6.07) is 5.09. The molecule has 2 aliphatic rings. The smallest absolute Gasteiger partial charge is 0.435 e. The van der Waals surface area contributed by atoms with Gasteiger partial charge in [-0.05, 0) is 46.8 Å². The first-order valence-corrected chi connectivity index (χ1v) is 11.5. The molecule has 11 nitrogen and oxygen atoms in total. The van der Waals surface area contributed by atoms with E-state index in [0.717, 1.165) is 4.68 Å². The third-order valence-electron chi connectivity index (χ3n) is 6.37. The zero-order valence-corrected chi connectivity index (χ0v) is 20.2. The molecule has 0 radical (unpaired) electrons. The molecular formula is C23H31N7O4. The maximum atomic E-state index is 13.7. The summed E-state index contributed by atoms with van der Waals surface area (Å²) in [4.78, 5) is 46.9. The van der Waals surface area contributed by atoms with Crippen molar-refractivity contribution in [2.75, 3.05) is 25.0 Å². The summed E-state index contributed by atoms with van der Waals surface area (Å²) in [7, 11) is 0. The Balaban J connectivity index is 1.70. The molecule has 4 heterocycles. The van der Waals surface area contributed by atoms with Crippen LogP contribution >= 0.6 is 0 Å². The van der Waals surface area contributed by atoms with Crippen LogP contribution in [0.1, 0.15) is 56.4 Å². The fourth-order valence-electron chi connectivity index (χ4n) is 4.55. The summed E-state index contributed by atoms with van der Waals surface area (Å²) < 4.78 is 6.36. The number of aromatic nitrogens is 3. The van der Waals surface area contributed by atoms with Crippen molar-refractivity contribution in [2.24, 2.45) is 0 Å². The van der Waals surface area contributed by atoms with Crippen LogP contribution in [-0.4, -0.2) is 74.4 Å². The molecule has 0 spiro atoms. The molecular weight excluding hydrogens is 438 g/mol. The first-order chi connectivity index (χ1) is 16.1. The van der Waals surface area contributed by atoms with E-state index in [2.05, 4.69) is 20.7 Å². The number of hydrogen-bond donors (Lipinski definition) is 2. The van der Waals surface area contributed by atoms with Gasteiger partial charge in [0.2, 0.25) is 0 Å². The van der Waals surface area contributed by atoms with Gasteiger partial charge in [-0.3, -0.25) is 9.78 Å². The van der Waals surface area contributed by atoms with Crippen LogP contribution in [0, 0.1) is 0 Å². The second-order valence-electron chi connectivity index (χ2n) is 9.19. The minimum absolute atomic E-state index is 0.0214. The van der Waals surface area contributed by atoms with Gasteiger partial charge in [0, 0.05) is 36.9 Å². The largest absolute Gasteiger partial charge is 0.448 e. The third-order valence-corrected chi connectivity index (χ3v) is 6.37. The number of urea groups is 1. The van der Waals surface area contributed by atoms with E-state index < -0.39 is 17.5 Å². The number of piperazine rings is 1. The number of fused-ring (bicyclic) bond motifs is 1. The Kier molecular flexibility index (Phi) is 6.30. The molecule has 11 heteroatoms. The number of carbonyl (C=O) groups is 3. The van der Waals surface area contributed by atoms with Crippen molar-refractivity contribution in [1.29, 1.82) is 0 Å². The van der Waals surface area contributed by atoms with Gasteiger partial charge in [0.15, 0.2) is 5.82 Å². The zero-order chi connectivity index (χ0) is 24.6. The zero-order valence-electron chi connectivity index (χ0n) is 20.2. The number of ether oxygens (including phenoxy) is 1. The van der Waals surface area contributed by atoms with E-state index in [9.17, 15) is 14.4 Å². The van der Waals surface area contributed by atoms with E-state index in [4.69, 9.17) is 4.74 Å². The van der Waals surface area contributed by atoms with Crippen molar-refractivity contribution in [3.05, 3.63) is 41.3 Å².